The summed E-state index contributed by atoms with van der Waals surface area (Å²) in [6.45, 7) is 5.37. The van der Waals surface area contributed by atoms with Gasteiger partial charge in [-0.2, -0.15) is 0 Å². The summed E-state index contributed by atoms with van der Waals surface area (Å²) in [6, 6.07) is 10.3. The smallest absolute Gasteiger partial charge is 0.550 e. The van der Waals surface area contributed by atoms with Crippen LogP contribution >= 0.6 is 0 Å². The van der Waals surface area contributed by atoms with E-state index in [-0.39, 0.29) is 118 Å². The number of rotatable bonds is 16. The van der Waals surface area contributed by atoms with Gasteiger partial charge in [0, 0.05) is 40.8 Å². The van der Waals surface area contributed by atoms with Crippen LogP contribution in [0, 0.1) is 5.82 Å². The van der Waals surface area contributed by atoms with Gasteiger partial charge in [0.1, 0.15) is 16.5 Å². The molecule has 2 aromatic carbocycles. The van der Waals surface area contributed by atoms with Gasteiger partial charge in [-0.15, -0.1) is 5.10 Å². The summed E-state index contributed by atoms with van der Waals surface area (Å²) in [5, 5.41) is 29.9. The van der Waals surface area contributed by atoms with E-state index in [1.54, 1.807) is 30.3 Å². The van der Waals surface area contributed by atoms with Crippen LogP contribution in [0.4, 0.5) is 4.39 Å². The SMILES string of the molecule is CC(C)(C)c1[nH]cnc1/C=c1\[nH]c(=O)/c(=C/c2cccc(C(=O)c3ccc(F)cc3)c2)nc1OCOC(=O)CCCc1cn(C(CCC(=O)[O-])C(=O)[O-])nn1.[Na+].[Na+]. The van der Waals surface area contributed by atoms with Crippen LogP contribution in [0.2, 0.25) is 0 Å². The third kappa shape index (κ3) is 13.1. The van der Waals surface area contributed by atoms with Crippen molar-refractivity contribution in [2.75, 3.05) is 6.79 Å². The zero-order chi connectivity index (χ0) is 39.7. The molecule has 0 bridgehead atoms. The number of ketones is 1. The summed E-state index contributed by atoms with van der Waals surface area (Å²) < 4.78 is 25.4. The summed E-state index contributed by atoms with van der Waals surface area (Å²) >= 11 is 0. The van der Waals surface area contributed by atoms with Crippen molar-refractivity contribution >= 4 is 35.8 Å². The standard InChI is InChI=1S/C38H38FN7O9.2Na/c1-38(2,3)34-27(40-20-41-34)18-29-36(55-21-54-32(49)9-5-8-26-19-46(45-44-26)30(37(52)53)14-15-31(47)48)43-28(35(51)42-29)17-22-6-4-7-24(16-22)33(50)23-10-12-25(39)13-11-23;;/h4,6-7,10-13,16-20,30H,5,8-9,14-15,21H2,1-3H3,(H,40,41)(H,42,51)(H,47,48)(H,52,53);;/q;2*+1/p-2/b28-17-,29-18-;;. The number of aliphatic carboxylic acids is 2. The minimum atomic E-state index is -1.52. The average Bonchev–Trinajstić information content (AvgIpc) is 3.80. The summed E-state index contributed by atoms with van der Waals surface area (Å²) in [7, 11) is 0. The zero-order valence-electron chi connectivity index (χ0n) is 32.0. The number of halogens is 1. The number of nitrogens with zero attached hydrogens (tertiary/aromatic N) is 5. The van der Waals surface area contributed by atoms with Gasteiger partial charge in [-0.3, -0.25) is 14.4 Å². The van der Waals surface area contributed by atoms with Crippen LogP contribution in [0.1, 0.15) is 91.1 Å². The molecule has 0 aliphatic carbocycles. The maximum absolute atomic E-state index is 13.4. The number of hydrogen-bond acceptors (Lipinski definition) is 13. The van der Waals surface area contributed by atoms with Crippen molar-refractivity contribution < 1.29 is 102 Å². The van der Waals surface area contributed by atoms with Crippen molar-refractivity contribution in [1.82, 2.24) is 34.9 Å². The molecule has 0 saturated heterocycles. The van der Waals surface area contributed by atoms with Crippen molar-refractivity contribution in [3.05, 3.63) is 122 Å². The van der Waals surface area contributed by atoms with Crippen LogP contribution in [0.5, 0.6) is 5.88 Å². The van der Waals surface area contributed by atoms with E-state index in [0.29, 0.717) is 22.5 Å². The Hall–Kier alpha value is -4.78. The number of aromatic nitrogens is 7. The number of carbonyl (C=O) groups excluding carboxylic acids is 4. The van der Waals surface area contributed by atoms with Gasteiger partial charge in [0.05, 0.1) is 29.7 Å². The molecule has 57 heavy (non-hydrogen) atoms. The number of carboxylic acid groups (broad SMARTS) is 2. The Morgan fingerprint density at radius 3 is 2.42 bits per heavy atom. The quantitative estimate of drug-likeness (QED) is 0.0410. The monoisotopic (exact) mass is 799 g/mol. The first kappa shape index (κ1) is 46.6. The largest absolute Gasteiger partial charge is 1.00 e. The molecule has 286 valence electrons. The number of hydrogen-bond donors (Lipinski definition) is 2. The van der Waals surface area contributed by atoms with Crippen LogP contribution < -0.4 is 90.3 Å². The van der Waals surface area contributed by atoms with E-state index in [1.165, 1.54) is 42.9 Å². The first-order chi connectivity index (χ1) is 26.2. The Balaban J connectivity index is 0.00000435. The average molecular weight is 800 g/mol. The van der Waals surface area contributed by atoms with E-state index >= 15 is 0 Å². The van der Waals surface area contributed by atoms with Gasteiger partial charge >= 0.3 is 65.1 Å². The summed E-state index contributed by atoms with van der Waals surface area (Å²) in [6.07, 6.45) is 5.48. The molecule has 0 spiro atoms. The predicted molar refractivity (Wildman–Crippen MR) is 188 cm³/mol. The van der Waals surface area contributed by atoms with Gasteiger partial charge < -0.3 is 39.2 Å². The summed E-state index contributed by atoms with van der Waals surface area (Å²) in [4.78, 5) is 75.8. The minimum absolute atomic E-state index is 0. The molecular weight excluding hydrogens is 763 g/mol. The predicted octanol–water partition coefficient (Wildman–Crippen LogP) is -5.86. The molecule has 3 aromatic heterocycles. The third-order valence-corrected chi connectivity index (χ3v) is 8.19. The first-order valence-corrected chi connectivity index (χ1v) is 17.1. The number of ether oxygens (including phenoxy) is 2. The Morgan fingerprint density at radius 1 is 1.00 bits per heavy atom. The van der Waals surface area contributed by atoms with Crippen molar-refractivity contribution in [2.45, 2.75) is 64.3 Å². The molecule has 0 aliphatic rings. The topological polar surface area (TPSA) is 238 Å². The summed E-state index contributed by atoms with van der Waals surface area (Å²) in [5.74, 6) is -4.47. The van der Waals surface area contributed by atoms with E-state index in [9.17, 15) is 38.6 Å². The molecule has 5 rings (SSSR count). The second-order valence-corrected chi connectivity index (χ2v) is 13.4. The normalized spacial score (nSPS) is 12.3. The number of imidazole rings is 1. The van der Waals surface area contributed by atoms with Crippen LogP contribution in [0.25, 0.3) is 12.2 Å². The number of aryl methyl sites for hydroxylation is 1. The van der Waals surface area contributed by atoms with E-state index in [0.717, 1.165) is 10.4 Å². The molecule has 0 fully saturated rings. The van der Waals surface area contributed by atoms with Gasteiger partial charge in [-0.1, -0.05) is 44.2 Å². The van der Waals surface area contributed by atoms with Crippen molar-refractivity contribution in [3.63, 3.8) is 0 Å². The fourth-order valence-electron chi connectivity index (χ4n) is 5.44. The zero-order valence-corrected chi connectivity index (χ0v) is 36.0. The van der Waals surface area contributed by atoms with Gasteiger partial charge in [0.2, 0.25) is 12.7 Å². The Morgan fingerprint density at radius 2 is 1.74 bits per heavy atom. The van der Waals surface area contributed by atoms with Crippen molar-refractivity contribution in [2.24, 2.45) is 0 Å². The van der Waals surface area contributed by atoms with E-state index in [2.05, 4.69) is 30.2 Å². The van der Waals surface area contributed by atoms with Crippen molar-refractivity contribution in [3.8, 4) is 5.88 Å². The van der Waals surface area contributed by atoms with Crippen LogP contribution in [0.15, 0.2) is 65.8 Å². The number of aromatic amines is 2. The molecule has 0 aliphatic heterocycles. The molecule has 5 aromatic rings. The molecule has 0 saturated carbocycles. The second-order valence-electron chi connectivity index (χ2n) is 13.4. The van der Waals surface area contributed by atoms with E-state index in [1.807, 2.05) is 20.8 Å². The fraction of sp³-hybridized carbons (Fsp3) is 0.289. The molecule has 2 N–H and O–H groups in total. The number of carboxylic acids is 2. The number of nitrogens with one attached hydrogen (secondary N) is 2. The Labute approximate surface area is 369 Å². The maximum atomic E-state index is 13.4. The van der Waals surface area contributed by atoms with Crippen LogP contribution in [-0.2, 0) is 31.0 Å². The number of esters is 1. The molecule has 19 heteroatoms. The van der Waals surface area contributed by atoms with Crippen molar-refractivity contribution in [1.29, 1.82) is 0 Å². The summed E-state index contributed by atoms with van der Waals surface area (Å²) in [5.41, 5.74) is 1.79. The molecule has 3 heterocycles. The molecule has 0 radical (unpaired) electrons. The van der Waals surface area contributed by atoms with Crippen LogP contribution in [0.3, 0.4) is 0 Å². The van der Waals surface area contributed by atoms with Gasteiger partial charge in [0.25, 0.3) is 5.56 Å². The Bertz CT molecular complexity index is 2390. The van der Waals surface area contributed by atoms with Gasteiger partial charge in [-0.25, -0.2) is 19.0 Å². The van der Waals surface area contributed by atoms with E-state index in [4.69, 9.17) is 9.47 Å². The third-order valence-electron chi connectivity index (χ3n) is 8.19. The molecule has 1 unspecified atom stereocenters. The van der Waals surface area contributed by atoms with E-state index < -0.39 is 48.5 Å². The molecular formula is C38H36FN7Na2O9. The first-order valence-electron chi connectivity index (χ1n) is 17.1. The second kappa shape index (κ2) is 21.1. The molecule has 16 nitrogen and oxygen atoms in total. The van der Waals surface area contributed by atoms with Crippen LogP contribution in [-0.4, -0.2) is 65.4 Å². The fourth-order valence-corrected chi connectivity index (χ4v) is 5.44. The molecule has 0 amide bonds. The maximum Gasteiger partial charge on any atom is 1.00 e. The number of H-pyrrole nitrogens is 2. The number of carbonyl (C=O) groups is 4. The van der Waals surface area contributed by atoms with Gasteiger partial charge in [0.15, 0.2) is 5.78 Å². The molecule has 1 atom stereocenters. The minimum Gasteiger partial charge on any atom is -0.550 e. The Kier molecular flexibility index (Phi) is 17.3. The number of benzene rings is 2. The van der Waals surface area contributed by atoms with Gasteiger partial charge in [-0.05, 0) is 73.7 Å².